The van der Waals surface area contributed by atoms with Gasteiger partial charge in [-0.25, -0.2) is 0 Å². The molecule has 0 atom stereocenters. The van der Waals surface area contributed by atoms with Gasteiger partial charge in [0.1, 0.15) is 0 Å². The van der Waals surface area contributed by atoms with Gasteiger partial charge in [-0.1, -0.05) is 23.7 Å². The fourth-order valence-corrected chi connectivity index (χ4v) is 1.96. The average Bonchev–Trinajstić information content (AvgIpc) is 2.35. The molecule has 3 nitrogen and oxygen atoms in total. The monoisotopic (exact) mass is 270 g/mol. The van der Waals surface area contributed by atoms with Crippen LogP contribution in [0.2, 0.25) is 5.02 Å². The van der Waals surface area contributed by atoms with Crippen molar-refractivity contribution in [2.45, 2.75) is 13.5 Å². The van der Waals surface area contributed by atoms with Crippen molar-refractivity contribution in [1.82, 2.24) is 10.2 Å². The lowest BCUT2D eigenvalue weighted by Crippen LogP contribution is -2.30. The second-order valence-corrected chi connectivity index (χ2v) is 4.91. The third-order valence-corrected chi connectivity index (χ3v) is 3.38. The van der Waals surface area contributed by atoms with Crippen LogP contribution in [0, 0.1) is 6.92 Å². The van der Waals surface area contributed by atoms with Crippen molar-refractivity contribution < 1.29 is 4.74 Å². The summed E-state index contributed by atoms with van der Waals surface area (Å²) >= 11 is 6.11. The van der Waals surface area contributed by atoms with Crippen LogP contribution in [0.3, 0.4) is 0 Å². The Morgan fingerprint density at radius 3 is 2.83 bits per heavy atom. The van der Waals surface area contributed by atoms with Crippen molar-refractivity contribution in [3.05, 3.63) is 34.3 Å². The summed E-state index contributed by atoms with van der Waals surface area (Å²) in [7, 11) is 3.84. The zero-order chi connectivity index (χ0) is 13.4. The van der Waals surface area contributed by atoms with E-state index in [9.17, 15) is 0 Å². The van der Waals surface area contributed by atoms with Gasteiger partial charge in [-0.05, 0) is 31.2 Å². The largest absolute Gasteiger partial charge is 0.383 e. The van der Waals surface area contributed by atoms with Gasteiger partial charge in [0.15, 0.2) is 0 Å². The first-order valence-corrected chi connectivity index (χ1v) is 6.65. The first-order valence-electron chi connectivity index (χ1n) is 6.27. The summed E-state index contributed by atoms with van der Waals surface area (Å²) < 4.78 is 4.98. The summed E-state index contributed by atoms with van der Waals surface area (Å²) in [4.78, 5) is 2.29. The summed E-state index contributed by atoms with van der Waals surface area (Å²) in [6.45, 7) is 6.65. The van der Waals surface area contributed by atoms with E-state index in [1.54, 1.807) is 7.11 Å². The summed E-state index contributed by atoms with van der Waals surface area (Å²) in [6.07, 6.45) is 0. The lowest BCUT2D eigenvalue weighted by atomic mass is 10.1. The van der Waals surface area contributed by atoms with Crippen LogP contribution in [0.4, 0.5) is 0 Å². The Morgan fingerprint density at radius 2 is 2.11 bits per heavy atom. The highest BCUT2D eigenvalue weighted by molar-refractivity contribution is 6.31. The van der Waals surface area contributed by atoms with Gasteiger partial charge in [0, 0.05) is 38.3 Å². The third kappa shape index (κ3) is 5.36. The van der Waals surface area contributed by atoms with Gasteiger partial charge in [-0.3, -0.25) is 0 Å². The second-order valence-electron chi connectivity index (χ2n) is 4.50. The Morgan fingerprint density at radius 1 is 1.33 bits per heavy atom. The quantitative estimate of drug-likeness (QED) is 0.734. The molecule has 1 N–H and O–H groups in total. The van der Waals surface area contributed by atoms with E-state index in [1.165, 1.54) is 11.1 Å². The molecule has 0 aliphatic rings. The summed E-state index contributed by atoms with van der Waals surface area (Å²) in [5, 5.41) is 4.18. The highest BCUT2D eigenvalue weighted by Gasteiger charge is 2.05. The molecule has 0 aromatic heterocycles. The molecule has 102 valence electrons. The predicted molar refractivity (Wildman–Crippen MR) is 77.3 cm³/mol. The lowest BCUT2D eigenvalue weighted by Gasteiger charge is -2.18. The van der Waals surface area contributed by atoms with E-state index in [0.717, 1.165) is 37.8 Å². The number of benzene rings is 1. The molecule has 0 saturated carbocycles. The average molecular weight is 271 g/mol. The smallest absolute Gasteiger partial charge is 0.0587 e. The van der Waals surface area contributed by atoms with Gasteiger partial charge in [0.25, 0.3) is 0 Å². The van der Waals surface area contributed by atoms with Crippen LogP contribution in [0.25, 0.3) is 0 Å². The number of nitrogens with zero attached hydrogens (tertiary/aromatic N) is 1. The number of hydrogen-bond donors (Lipinski definition) is 1. The van der Waals surface area contributed by atoms with E-state index in [1.807, 2.05) is 12.1 Å². The molecular formula is C14H23ClN2O. The number of hydrogen-bond acceptors (Lipinski definition) is 3. The molecule has 1 aromatic rings. The second kappa shape index (κ2) is 8.48. The number of ether oxygens (including phenoxy) is 1. The molecule has 0 heterocycles. The van der Waals surface area contributed by atoms with E-state index in [4.69, 9.17) is 16.3 Å². The van der Waals surface area contributed by atoms with Crippen molar-refractivity contribution in [3.63, 3.8) is 0 Å². The predicted octanol–water partition coefficient (Wildman–Crippen LogP) is 2.32. The van der Waals surface area contributed by atoms with E-state index >= 15 is 0 Å². The van der Waals surface area contributed by atoms with Gasteiger partial charge in [0.2, 0.25) is 0 Å². The highest BCUT2D eigenvalue weighted by atomic mass is 35.5. The van der Waals surface area contributed by atoms with Crippen LogP contribution in [-0.4, -0.2) is 45.3 Å². The SMILES string of the molecule is COCCNCCN(C)Cc1cccc(Cl)c1C. The van der Waals surface area contributed by atoms with Crippen molar-refractivity contribution in [2.24, 2.45) is 0 Å². The lowest BCUT2D eigenvalue weighted by molar-refractivity contribution is 0.197. The zero-order valence-corrected chi connectivity index (χ0v) is 12.3. The maximum Gasteiger partial charge on any atom is 0.0587 e. The number of rotatable bonds is 8. The maximum absolute atomic E-state index is 6.11. The molecule has 0 radical (unpaired) electrons. The minimum absolute atomic E-state index is 0.761. The Balaban J connectivity index is 2.31. The summed E-state index contributed by atoms with van der Waals surface area (Å²) in [5.41, 5.74) is 2.47. The topological polar surface area (TPSA) is 24.5 Å². The fraction of sp³-hybridized carbons (Fsp3) is 0.571. The van der Waals surface area contributed by atoms with Gasteiger partial charge in [-0.15, -0.1) is 0 Å². The van der Waals surface area contributed by atoms with Crippen molar-refractivity contribution in [3.8, 4) is 0 Å². The first-order chi connectivity index (χ1) is 8.65. The van der Waals surface area contributed by atoms with Crippen LogP contribution < -0.4 is 5.32 Å². The van der Waals surface area contributed by atoms with Crippen molar-refractivity contribution >= 4 is 11.6 Å². The normalized spacial score (nSPS) is 11.2. The number of likely N-dealkylation sites (N-methyl/N-ethyl adjacent to an activating group) is 1. The number of halogens is 1. The Labute approximate surface area is 115 Å². The molecule has 0 bridgehead atoms. The molecule has 0 saturated heterocycles. The molecule has 1 aromatic carbocycles. The third-order valence-electron chi connectivity index (χ3n) is 2.97. The highest BCUT2D eigenvalue weighted by Crippen LogP contribution is 2.19. The van der Waals surface area contributed by atoms with Crippen molar-refractivity contribution in [2.75, 3.05) is 40.4 Å². The van der Waals surface area contributed by atoms with Crippen LogP contribution >= 0.6 is 11.6 Å². The summed E-state index contributed by atoms with van der Waals surface area (Å²) in [5.74, 6) is 0. The van der Waals surface area contributed by atoms with Gasteiger partial charge in [0.05, 0.1) is 6.61 Å². The number of nitrogens with one attached hydrogen (secondary N) is 1. The van der Waals surface area contributed by atoms with Crippen LogP contribution in [0.15, 0.2) is 18.2 Å². The summed E-state index contributed by atoms with van der Waals surface area (Å²) in [6, 6.07) is 6.08. The van der Waals surface area contributed by atoms with E-state index in [0.29, 0.717) is 0 Å². The Kier molecular flexibility index (Phi) is 7.28. The molecule has 4 heteroatoms. The minimum Gasteiger partial charge on any atom is -0.383 e. The van der Waals surface area contributed by atoms with Gasteiger partial charge < -0.3 is 15.0 Å². The number of methoxy groups -OCH3 is 1. The van der Waals surface area contributed by atoms with Gasteiger partial charge >= 0.3 is 0 Å². The van der Waals surface area contributed by atoms with Crippen LogP contribution in [-0.2, 0) is 11.3 Å². The molecule has 18 heavy (non-hydrogen) atoms. The molecule has 1 rings (SSSR count). The Hall–Kier alpha value is -0.610. The molecular weight excluding hydrogens is 248 g/mol. The molecule has 0 aliphatic heterocycles. The van der Waals surface area contributed by atoms with Gasteiger partial charge in [-0.2, -0.15) is 0 Å². The van der Waals surface area contributed by atoms with E-state index in [-0.39, 0.29) is 0 Å². The molecule has 0 amide bonds. The van der Waals surface area contributed by atoms with Crippen LogP contribution in [0.5, 0.6) is 0 Å². The fourth-order valence-electron chi connectivity index (χ4n) is 1.76. The zero-order valence-electron chi connectivity index (χ0n) is 11.5. The minimum atomic E-state index is 0.761. The molecule has 0 unspecified atom stereocenters. The molecule has 0 fully saturated rings. The van der Waals surface area contributed by atoms with Crippen molar-refractivity contribution in [1.29, 1.82) is 0 Å². The molecule has 0 spiro atoms. The molecule has 0 aliphatic carbocycles. The maximum atomic E-state index is 6.11. The van der Waals surface area contributed by atoms with E-state index < -0.39 is 0 Å². The van der Waals surface area contributed by atoms with Crippen LogP contribution in [0.1, 0.15) is 11.1 Å². The Bertz CT molecular complexity index is 358. The first kappa shape index (κ1) is 15.4. The van der Waals surface area contributed by atoms with E-state index in [2.05, 4.69) is 30.3 Å². The standard InChI is InChI=1S/C14H23ClN2O/c1-12-13(5-4-6-14(12)15)11-17(2)9-7-16-8-10-18-3/h4-6,16H,7-11H2,1-3H3.